The quantitative estimate of drug-likeness (QED) is 0.751. The van der Waals surface area contributed by atoms with Gasteiger partial charge in [0.25, 0.3) is 11.8 Å². The van der Waals surface area contributed by atoms with Gasteiger partial charge in [0.05, 0.1) is 11.1 Å². The average molecular weight is 382 g/mol. The number of H-pyrrole nitrogens is 1. The van der Waals surface area contributed by atoms with Crippen LogP contribution in [-0.4, -0.2) is 32.5 Å². The van der Waals surface area contributed by atoms with Crippen molar-refractivity contribution >= 4 is 5.91 Å². The zero-order chi connectivity index (χ0) is 19.7. The molecule has 1 amide bonds. The highest BCUT2D eigenvalue weighted by molar-refractivity contribution is 5.95. The molecule has 1 aliphatic rings. The smallest absolute Gasteiger partial charge is 0.256 e. The Hall–Kier alpha value is -3.29. The van der Waals surface area contributed by atoms with E-state index in [-0.39, 0.29) is 34.9 Å². The van der Waals surface area contributed by atoms with E-state index < -0.39 is 5.82 Å². The van der Waals surface area contributed by atoms with Crippen LogP contribution in [0.1, 0.15) is 47.1 Å². The molecule has 144 valence electrons. The maximum Gasteiger partial charge on any atom is 0.256 e. The maximum absolute atomic E-state index is 14.0. The number of halogens is 1. The summed E-state index contributed by atoms with van der Waals surface area (Å²) in [6.07, 6.45) is 3.88. The summed E-state index contributed by atoms with van der Waals surface area (Å²) in [5.74, 6) is -0.276. The van der Waals surface area contributed by atoms with E-state index in [1.165, 1.54) is 18.3 Å². The molecule has 1 aromatic carbocycles. The van der Waals surface area contributed by atoms with Crippen LogP contribution >= 0.6 is 0 Å². The second kappa shape index (κ2) is 7.38. The molecule has 2 aromatic heterocycles. The van der Waals surface area contributed by atoms with Gasteiger partial charge in [-0.3, -0.25) is 9.59 Å². The molecule has 0 bridgehead atoms. The first-order valence-electron chi connectivity index (χ1n) is 9.13. The standard InChI is InChI=1S/C20H19FN4O3/c1-12-10-17(26)22-11-14(12)20(27)25-9-5-4-8-16(25)19-24-23-18(28-19)13-6-2-3-7-15(13)21/h2-3,6-7,10-11,16H,4-5,8-9H2,1H3,(H,22,26)/t16-/m1/s1. The molecule has 3 aromatic rings. The largest absolute Gasteiger partial charge is 0.418 e. The van der Waals surface area contributed by atoms with Crippen LogP contribution in [0.4, 0.5) is 4.39 Å². The van der Waals surface area contributed by atoms with Crippen molar-refractivity contribution in [2.24, 2.45) is 0 Å². The van der Waals surface area contributed by atoms with E-state index in [2.05, 4.69) is 15.2 Å². The molecule has 28 heavy (non-hydrogen) atoms. The Balaban J connectivity index is 1.65. The molecule has 1 N–H and O–H groups in total. The van der Waals surface area contributed by atoms with Crippen molar-refractivity contribution in [1.29, 1.82) is 0 Å². The van der Waals surface area contributed by atoms with Crippen molar-refractivity contribution in [3.8, 4) is 11.5 Å². The zero-order valence-electron chi connectivity index (χ0n) is 15.3. The topological polar surface area (TPSA) is 92.1 Å². The second-order valence-corrected chi connectivity index (χ2v) is 6.83. The molecule has 8 heteroatoms. The van der Waals surface area contributed by atoms with Crippen molar-refractivity contribution in [3.05, 3.63) is 69.7 Å². The molecule has 3 heterocycles. The number of nitrogens with zero attached hydrogens (tertiary/aromatic N) is 3. The summed E-state index contributed by atoms with van der Waals surface area (Å²) < 4.78 is 19.8. The van der Waals surface area contributed by atoms with E-state index in [0.29, 0.717) is 24.1 Å². The van der Waals surface area contributed by atoms with Gasteiger partial charge in [-0.25, -0.2) is 4.39 Å². The normalized spacial score (nSPS) is 16.9. The van der Waals surface area contributed by atoms with E-state index in [4.69, 9.17) is 4.42 Å². The van der Waals surface area contributed by atoms with Gasteiger partial charge >= 0.3 is 0 Å². The van der Waals surface area contributed by atoms with Crippen LogP contribution in [0.15, 0.2) is 45.7 Å². The van der Waals surface area contributed by atoms with Gasteiger partial charge in [-0.15, -0.1) is 10.2 Å². The van der Waals surface area contributed by atoms with Gasteiger partial charge < -0.3 is 14.3 Å². The summed E-state index contributed by atoms with van der Waals surface area (Å²) in [5.41, 5.74) is 1.01. The molecular weight excluding hydrogens is 363 g/mol. The summed E-state index contributed by atoms with van der Waals surface area (Å²) in [7, 11) is 0. The molecular formula is C20H19FN4O3. The molecule has 0 unspecified atom stereocenters. The molecule has 1 fully saturated rings. The van der Waals surface area contributed by atoms with Gasteiger partial charge in [-0.2, -0.15) is 0 Å². The molecule has 0 saturated carbocycles. The summed E-state index contributed by atoms with van der Waals surface area (Å²) in [6, 6.07) is 7.19. The Bertz CT molecular complexity index is 1080. The highest BCUT2D eigenvalue weighted by Gasteiger charge is 2.33. The van der Waals surface area contributed by atoms with Crippen LogP contribution in [0.3, 0.4) is 0 Å². The first-order chi connectivity index (χ1) is 13.5. The maximum atomic E-state index is 14.0. The third-order valence-electron chi connectivity index (χ3n) is 4.96. The number of likely N-dealkylation sites (tertiary alicyclic amines) is 1. The van der Waals surface area contributed by atoms with Crippen LogP contribution in [-0.2, 0) is 0 Å². The van der Waals surface area contributed by atoms with Crippen LogP contribution in [0, 0.1) is 12.7 Å². The minimum atomic E-state index is -0.446. The number of amides is 1. The predicted octanol–water partition coefficient (Wildman–Crippen LogP) is 3.24. The highest BCUT2D eigenvalue weighted by Crippen LogP contribution is 2.33. The van der Waals surface area contributed by atoms with E-state index in [1.807, 2.05) is 0 Å². The van der Waals surface area contributed by atoms with Crippen molar-refractivity contribution in [2.75, 3.05) is 6.54 Å². The first-order valence-corrected chi connectivity index (χ1v) is 9.13. The lowest BCUT2D eigenvalue weighted by Gasteiger charge is -2.33. The Morgan fingerprint density at radius 2 is 2.11 bits per heavy atom. The SMILES string of the molecule is Cc1cc(=O)[nH]cc1C(=O)N1CCCC[C@@H]1c1nnc(-c2ccccc2F)o1. The van der Waals surface area contributed by atoms with Crippen molar-refractivity contribution < 1.29 is 13.6 Å². The Morgan fingerprint density at radius 1 is 1.29 bits per heavy atom. The average Bonchev–Trinajstić information content (AvgIpc) is 3.18. The number of nitrogens with one attached hydrogen (secondary N) is 1. The zero-order valence-corrected chi connectivity index (χ0v) is 15.3. The van der Waals surface area contributed by atoms with Gasteiger partial charge in [-0.1, -0.05) is 12.1 Å². The Morgan fingerprint density at radius 3 is 2.89 bits per heavy atom. The molecule has 1 aliphatic heterocycles. The number of benzene rings is 1. The van der Waals surface area contributed by atoms with E-state index in [1.54, 1.807) is 30.0 Å². The number of piperidine rings is 1. The molecule has 0 aliphatic carbocycles. The van der Waals surface area contributed by atoms with Crippen LogP contribution < -0.4 is 5.56 Å². The summed E-state index contributed by atoms with van der Waals surface area (Å²) in [6.45, 7) is 2.27. The van der Waals surface area contributed by atoms with Crippen molar-refractivity contribution in [2.45, 2.75) is 32.2 Å². The lowest BCUT2D eigenvalue weighted by molar-refractivity contribution is 0.0571. The minimum Gasteiger partial charge on any atom is -0.418 e. The summed E-state index contributed by atoms with van der Waals surface area (Å²) in [5, 5.41) is 8.06. The summed E-state index contributed by atoms with van der Waals surface area (Å²) in [4.78, 5) is 28.8. The van der Waals surface area contributed by atoms with Crippen LogP contribution in [0.25, 0.3) is 11.5 Å². The summed E-state index contributed by atoms with van der Waals surface area (Å²) >= 11 is 0. The Kier molecular flexibility index (Phi) is 4.77. The number of rotatable bonds is 3. The van der Waals surface area contributed by atoms with Crippen LogP contribution in [0.5, 0.6) is 0 Å². The van der Waals surface area contributed by atoms with Crippen molar-refractivity contribution in [3.63, 3.8) is 0 Å². The number of hydrogen-bond acceptors (Lipinski definition) is 5. The third-order valence-corrected chi connectivity index (χ3v) is 4.96. The van der Waals surface area contributed by atoms with Gasteiger partial charge in [0.2, 0.25) is 11.4 Å². The molecule has 1 saturated heterocycles. The van der Waals surface area contributed by atoms with Crippen molar-refractivity contribution in [1.82, 2.24) is 20.1 Å². The second-order valence-electron chi connectivity index (χ2n) is 6.83. The Labute approximate surface area is 160 Å². The third kappa shape index (κ3) is 3.33. The highest BCUT2D eigenvalue weighted by atomic mass is 19.1. The first kappa shape index (κ1) is 18.1. The molecule has 7 nitrogen and oxygen atoms in total. The van der Waals surface area contributed by atoms with Gasteiger partial charge in [0.1, 0.15) is 11.9 Å². The van der Waals surface area contributed by atoms with E-state index in [0.717, 1.165) is 12.8 Å². The lowest BCUT2D eigenvalue weighted by Crippen LogP contribution is -2.39. The lowest BCUT2D eigenvalue weighted by atomic mass is 10.00. The molecule has 0 spiro atoms. The minimum absolute atomic E-state index is 0.0892. The molecule has 1 atom stereocenters. The molecule has 4 rings (SSSR count). The van der Waals surface area contributed by atoms with Gasteiger partial charge in [0.15, 0.2) is 0 Å². The van der Waals surface area contributed by atoms with Gasteiger partial charge in [0, 0.05) is 18.8 Å². The number of aryl methyl sites for hydroxylation is 1. The number of pyridine rings is 1. The van der Waals surface area contributed by atoms with E-state index >= 15 is 0 Å². The van der Waals surface area contributed by atoms with Gasteiger partial charge in [-0.05, 0) is 43.9 Å². The number of aromatic amines is 1. The fourth-order valence-corrected chi connectivity index (χ4v) is 3.50. The van der Waals surface area contributed by atoms with Crippen LogP contribution in [0.2, 0.25) is 0 Å². The number of aromatic nitrogens is 3. The number of carbonyl (C=O) groups excluding carboxylic acids is 1. The fraction of sp³-hybridized carbons (Fsp3) is 0.300. The molecule has 0 radical (unpaired) electrons. The predicted molar refractivity (Wildman–Crippen MR) is 99.1 cm³/mol. The number of carbonyl (C=O) groups is 1. The van der Waals surface area contributed by atoms with E-state index in [9.17, 15) is 14.0 Å². The fourth-order valence-electron chi connectivity index (χ4n) is 3.50. The number of hydrogen-bond donors (Lipinski definition) is 1. The monoisotopic (exact) mass is 382 g/mol.